The predicted molar refractivity (Wildman–Crippen MR) is 70.2 cm³/mol. The average molecular weight is 207 g/mol. The summed E-state index contributed by atoms with van der Waals surface area (Å²) in [5, 5.41) is 0. The highest BCUT2D eigenvalue weighted by molar-refractivity contribution is 5.82. The summed E-state index contributed by atoms with van der Waals surface area (Å²) in [7, 11) is 0. The minimum Gasteiger partial charge on any atom is -0.256 e. The van der Waals surface area contributed by atoms with Gasteiger partial charge in [0, 0.05) is 6.21 Å². The van der Waals surface area contributed by atoms with Crippen molar-refractivity contribution >= 4 is 18.0 Å². The van der Waals surface area contributed by atoms with Crippen molar-refractivity contribution in [2.75, 3.05) is 0 Å². The first kappa shape index (κ1) is 10.4. The van der Waals surface area contributed by atoms with Gasteiger partial charge in [0.2, 0.25) is 0 Å². The van der Waals surface area contributed by atoms with Crippen LogP contribution >= 0.6 is 0 Å². The molecule has 0 N–H and O–H groups in total. The van der Waals surface area contributed by atoms with Gasteiger partial charge < -0.3 is 0 Å². The molecule has 0 aliphatic rings. The molecule has 1 heteroatoms. The fraction of sp³-hybridized carbons (Fsp3) is 0. The fourth-order valence-electron chi connectivity index (χ4n) is 1.38. The number of rotatable bonds is 3. The van der Waals surface area contributed by atoms with Crippen molar-refractivity contribution < 1.29 is 0 Å². The molecule has 0 saturated heterocycles. The SMILES string of the molecule is C=Cc1ccc(C=Nc2ccccc2)cc1. The molecule has 0 unspecified atom stereocenters. The summed E-state index contributed by atoms with van der Waals surface area (Å²) in [6.45, 7) is 3.72. The van der Waals surface area contributed by atoms with Gasteiger partial charge in [0.25, 0.3) is 0 Å². The average Bonchev–Trinajstić information content (AvgIpc) is 2.38. The molecule has 16 heavy (non-hydrogen) atoms. The van der Waals surface area contributed by atoms with Crippen LogP contribution in [0.4, 0.5) is 5.69 Å². The Balaban J connectivity index is 2.14. The van der Waals surface area contributed by atoms with Crippen LogP contribution in [0.25, 0.3) is 6.08 Å². The number of para-hydroxylation sites is 1. The van der Waals surface area contributed by atoms with Gasteiger partial charge in [-0.05, 0) is 23.3 Å². The molecule has 0 amide bonds. The molecule has 0 aliphatic carbocycles. The summed E-state index contributed by atoms with van der Waals surface area (Å²) in [6.07, 6.45) is 3.69. The van der Waals surface area contributed by atoms with Gasteiger partial charge in [-0.25, -0.2) is 0 Å². The van der Waals surface area contributed by atoms with Gasteiger partial charge in [0.15, 0.2) is 0 Å². The van der Waals surface area contributed by atoms with Crippen LogP contribution in [0.1, 0.15) is 11.1 Å². The van der Waals surface area contributed by atoms with E-state index in [-0.39, 0.29) is 0 Å². The second-order valence-corrected chi connectivity index (χ2v) is 3.46. The summed E-state index contributed by atoms with van der Waals surface area (Å²) in [6, 6.07) is 18.0. The number of nitrogens with zero attached hydrogens (tertiary/aromatic N) is 1. The van der Waals surface area contributed by atoms with Crippen LogP contribution in [0, 0.1) is 0 Å². The topological polar surface area (TPSA) is 12.4 Å². The van der Waals surface area contributed by atoms with Gasteiger partial charge in [-0.1, -0.05) is 55.1 Å². The molecule has 0 atom stereocenters. The maximum absolute atomic E-state index is 4.38. The molecular formula is C15H13N. The van der Waals surface area contributed by atoms with Crippen molar-refractivity contribution in [3.8, 4) is 0 Å². The predicted octanol–water partition coefficient (Wildman–Crippen LogP) is 4.08. The Labute approximate surface area is 95.8 Å². The number of hydrogen-bond donors (Lipinski definition) is 0. The molecule has 0 aromatic heterocycles. The van der Waals surface area contributed by atoms with E-state index in [2.05, 4.69) is 11.6 Å². The second-order valence-electron chi connectivity index (χ2n) is 3.46. The summed E-state index contributed by atoms with van der Waals surface area (Å²) in [5.41, 5.74) is 3.18. The second kappa shape index (κ2) is 5.08. The van der Waals surface area contributed by atoms with Crippen molar-refractivity contribution in [3.05, 3.63) is 72.3 Å². The fourth-order valence-corrected chi connectivity index (χ4v) is 1.38. The minimum atomic E-state index is 0.968. The van der Waals surface area contributed by atoms with E-state index in [1.54, 1.807) is 0 Å². The first-order valence-electron chi connectivity index (χ1n) is 5.20. The minimum absolute atomic E-state index is 0.968. The lowest BCUT2D eigenvalue weighted by Gasteiger charge is -1.95. The van der Waals surface area contributed by atoms with Crippen molar-refractivity contribution in [1.29, 1.82) is 0 Å². The van der Waals surface area contributed by atoms with Crippen molar-refractivity contribution in [1.82, 2.24) is 0 Å². The van der Waals surface area contributed by atoms with Crippen LogP contribution in [0.15, 0.2) is 66.2 Å². The molecule has 0 bridgehead atoms. The molecule has 2 aromatic rings. The molecular weight excluding hydrogens is 194 g/mol. The lowest BCUT2D eigenvalue weighted by Crippen LogP contribution is -1.80. The maximum atomic E-state index is 4.38. The number of benzene rings is 2. The van der Waals surface area contributed by atoms with Crippen LogP contribution in [0.5, 0.6) is 0 Å². The Morgan fingerprint density at radius 3 is 2.06 bits per heavy atom. The van der Waals surface area contributed by atoms with Gasteiger partial charge in [-0.3, -0.25) is 4.99 Å². The standard InChI is InChI=1S/C15H13N/c1-2-13-8-10-14(11-9-13)12-16-15-6-4-3-5-7-15/h2-12H,1H2. The van der Waals surface area contributed by atoms with E-state index in [4.69, 9.17) is 0 Å². The largest absolute Gasteiger partial charge is 0.256 e. The molecule has 0 fully saturated rings. The van der Waals surface area contributed by atoms with Gasteiger partial charge in [-0.15, -0.1) is 0 Å². The molecule has 0 saturated carbocycles. The lowest BCUT2D eigenvalue weighted by molar-refractivity contribution is 1.52. The van der Waals surface area contributed by atoms with E-state index in [0.29, 0.717) is 0 Å². The molecule has 0 heterocycles. The van der Waals surface area contributed by atoms with Crippen molar-refractivity contribution in [2.24, 2.45) is 4.99 Å². The van der Waals surface area contributed by atoms with E-state index in [0.717, 1.165) is 16.8 Å². The van der Waals surface area contributed by atoms with Crippen LogP contribution in [0.3, 0.4) is 0 Å². The lowest BCUT2D eigenvalue weighted by atomic mass is 10.1. The van der Waals surface area contributed by atoms with E-state index in [9.17, 15) is 0 Å². The molecule has 78 valence electrons. The van der Waals surface area contributed by atoms with Gasteiger partial charge in [-0.2, -0.15) is 0 Å². The molecule has 0 spiro atoms. The summed E-state index contributed by atoms with van der Waals surface area (Å²) < 4.78 is 0. The quantitative estimate of drug-likeness (QED) is 0.672. The molecule has 2 rings (SSSR count). The summed E-state index contributed by atoms with van der Waals surface area (Å²) in [5.74, 6) is 0. The Kier molecular flexibility index (Phi) is 3.29. The van der Waals surface area contributed by atoms with Crippen molar-refractivity contribution in [3.63, 3.8) is 0 Å². The molecule has 2 aromatic carbocycles. The normalized spacial score (nSPS) is 10.5. The first-order valence-corrected chi connectivity index (χ1v) is 5.20. The van der Waals surface area contributed by atoms with E-state index < -0.39 is 0 Å². The Hall–Kier alpha value is -2.15. The highest BCUT2D eigenvalue weighted by Gasteiger charge is 1.88. The number of hydrogen-bond acceptors (Lipinski definition) is 1. The third kappa shape index (κ3) is 2.67. The monoisotopic (exact) mass is 207 g/mol. The summed E-state index contributed by atoms with van der Waals surface area (Å²) in [4.78, 5) is 4.38. The highest BCUT2D eigenvalue weighted by atomic mass is 14.7. The van der Waals surface area contributed by atoms with Crippen LogP contribution in [0.2, 0.25) is 0 Å². The zero-order valence-electron chi connectivity index (χ0n) is 9.01. The highest BCUT2D eigenvalue weighted by Crippen LogP contribution is 2.10. The molecule has 0 radical (unpaired) electrons. The Morgan fingerprint density at radius 1 is 0.812 bits per heavy atom. The zero-order chi connectivity index (χ0) is 11.2. The third-order valence-electron chi connectivity index (χ3n) is 2.29. The van der Waals surface area contributed by atoms with Crippen molar-refractivity contribution in [2.45, 2.75) is 0 Å². The molecule has 0 aliphatic heterocycles. The van der Waals surface area contributed by atoms with Crippen LogP contribution < -0.4 is 0 Å². The van der Waals surface area contributed by atoms with Gasteiger partial charge >= 0.3 is 0 Å². The summed E-state index contributed by atoms with van der Waals surface area (Å²) >= 11 is 0. The third-order valence-corrected chi connectivity index (χ3v) is 2.29. The van der Waals surface area contributed by atoms with E-state index in [1.165, 1.54) is 0 Å². The zero-order valence-corrected chi connectivity index (χ0v) is 9.01. The maximum Gasteiger partial charge on any atom is 0.0629 e. The van der Waals surface area contributed by atoms with Crippen LogP contribution in [-0.2, 0) is 0 Å². The first-order chi connectivity index (χ1) is 7.88. The van der Waals surface area contributed by atoms with Crippen LogP contribution in [-0.4, -0.2) is 6.21 Å². The smallest absolute Gasteiger partial charge is 0.0629 e. The van der Waals surface area contributed by atoms with E-state index >= 15 is 0 Å². The number of aliphatic imine (C=N–C) groups is 1. The Morgan fingerprint density at radius 2 is 1.44 bits per heavy atom. The molecule has 1 nitrogen and oxygen atoms in total. The van der Waals surface area contributed by atoms with Gasteiger partial charge in [0.05, 0.1) is 5.69 Å². The Bertz CT molecular complexity index is 481. The van der Waals surface area contributed by atoms with Gasteiger partial charge in [0.1, 0.15) is 0 Å². The van der Waals surface area contributed by atoms with E-state index in [1.807, 2.05) is 66.9 Å².